The molecule has 0 saturated carbocycles. The lowest BCUT2D eigenvalue weighted by Gasteiger charge is -2.26. The van der Waals surface area contributed by atoms with Crippen LogP contribution >= 0.6 is 0 Å². The van der Waals surface area contributed by atoms with Gasteiger partial charge in [0.2, 0.25) is 0 Å². The minimum Gasteiger partial charge on any atom is -0.379 e. The molecule has 1 aromatic heterocycles. The fraction of sp³-hybridized carbons (Fsp3) is 0.421. The van der Waals surface area contributed by atoms with Crippen LogP contribution in [0.25, 0.3) is 0 Å². The molecular weight excluding hydrogens is 330 g/mol. The van der Waals surface area contributed by atoms with Crippen molar-refractivity contribution in [1.29, 1.82) is 0 Å². The van der Waals surface area contributed by atoms with Crippen molar-refractivity contribution < 1.29 is 9.53 Å². The van der Waals surface area contributed by atoms with Crippen LogP contribution in [-0.4, -0.2) is 67.4 Å². The van der Waals surface area contributed by atoms with E-state index >= 15 is 0 Å². The molecule has 138 valence electrons. The molecule has 1 saturated heterocycles. The lowest BCUT2D eigenvalue weighted by Crippen LogP contribution is -2.41. The summed E-state index contributed by atoms with van der Waals surface area (Å²) in [5.74, 6) is 0.543. The van der Waals surface area contributed by atoms with Crippen LogP contribution in [0.5, 0.6) is 0 Å². The summed E-state index contributed by atoms with van der Waals surface area (Å²) in [6.07, 6.45) is 0. The number of carbonyl (C=O) groups is 1. The van der Waals surface area contributed by atoms with E-state index in [0.29, 0.717) is 12.2 Å². The number of aromatic nitrogens is 2. The summed E-state index contributed by atoms with van der Waals surface area (Å²) in [7, 11) is 1.96. The molecule has 0 aliphatic carbocycles. The average Bonchev–Trinajstić information content (AvgIpc) is 2.69. The number of benzene rings is 1. The molecule has 7 nitrogen and oxygen atoms in total. The largest absolute Gasteiger partial charge is 0.379 e. The molecule has 0 bridgehead atoms. The van der Waals surface area contributed by atoms with Gasteiger partial charge >= 0.3 is 0 Å². The van der Waals surface area contributed by atoms with Gasteiger partial charge in [0, 0.05) is 39.8 Å². The first-order valence-corrected chi connectivity index (χ1v) is 8.89. The quantitative estimate of drug-likeness (QED) is 0.804. The second-order valence-corrected chi connectivity index (χ2v) is 6.33. The molecule has 2 heterocycles. The molecule has 0 radical (unpaired) electrons. The summed E-state index contributed by atoms with van der Waals surface area (Å²) >= 11 is 0. The van der Waals surface area contributed by atoms with Gasteiger partial charge in [0.15, 0.2) is 11.5 Å². The predicted octanol–water partition coefficient (Wildman–Crippen LogP) is 1.17. The molecule has 3 rings (SSSR count). The Bertz CT molecular complexity index is 687. The van der Waals surface area contributed by atoms with Gasteiger partial charge in [-0.25, -0.2) is 0 Å². The van der Waals surface area contributed by atoms with Gasteiger partial charge in [-0.2, -0.15) is 0 Å². The van der Waals surface area contributed by atoms with E-state index in [4.69, 9.17) is 4.74 Å². The lowest BCUT2D eigenvalue weighted by molar-refractivity contribution is 0.0383. The van der Waals surface area contributed by atoms with Crippen LogP contribution in [-0.2, 0) is 11.3 Å². The molecule has 1 aliphatic rings. The van der Waals surface area contributed by atoms with Crippen molar-refractivity contribution in [2.45, 2.75) is 6.54 Å². The van der Waals surface area contributed by atoms with E-state index in [2.05, 4.69) is 32.5 Å². The van der Waals surface area contributed by atoms with Crippen LogP contribution in [0.2, 0.25) is 0 Å². The molecule has 1 aliphatic heterocycles. The number of nitrogens with zero attached hydrogens (tertiary/aromatic N) is 4. The van der Waals surface area contributed by atoms with Crippen molar-refractivity contribution in [2.24, 2.45) is 0 Å². The van der Waals surface area contributed by atoms with E-state index < -0.39 is 0 Å². The Labute approximate surface area is 154 Å². The summed E-state index contributed by atoms with van der Waals surface area (Å²) < 4.78 is 5.31. The van der Waals surface area contributed by atoms with Gasteiger partial charge in [-0.05, 0) is 17.7 Å². The smallest absolute Gasteiger partial charge is 0.271 e. The molecule has 7 heteroatoms. The second kappa shape index (κ2) is 9.26. The third kappa shape index (κ3) is 5.24. The number of hydrogen-bond donors (Lipinski definition) is 1. The standard InChI is InChI=1S/C19H25N5O2/c1-23(15-16-5-3-2-4-6-16)18-8-7-17(21-22-18)19(25)20-9-10-24-11-13-26-14-12-24/h2-8H,9-15H2,1H3,(H,20,25). The number of ether oxygens (including phenoxy) is 1. The summed E-state index contributed by atoms with van der Waals surface area (Å²) in [6.45, 7) is 5.50. The molecule has 0 spiro atoms. The zero-order valence-corrected chi connectivity index (χ0v) is 15.1. The Morgan fingerprint density at radius 2 is 1.92 bits per heavy atom. The molecule has 1 amide bonds. The fourth-order valence-corrected chi connectivity index (χ4v) is 2.83. The van der Waals surface area contributed by atoms with Gasteiger partial charge in [-0.1, -0.05) is 30.3 Å². The third-order valence-corrected chi connectivity index (χ3v) is 4.35. The third-order valence-electron chi connectivity index (χ3n) is 4.35. The zero-order valence-electron chi connectivity index (χ0n) is 15.1. The summed E-state index contributed by atoms with van der Waals surface area (Å²) in [5.41, 5.74) is 1.53. The summed E-state index contributed by atoms with van der Waals surface area (Å²) in [4.78, 5) is 16.5. The molecule has 1 aromatic carbocycles. The van der Waals surface area contributed by atoms with Crippen molar-refractivity contribution in [3.8, 4) is 0 Å². The molecule has 26 heavy (non-hydrogen) atoms. The number of hydrogen-bond acceptors (Lipinski definition) is 6. The summed E-state index contributed by atoms with van der Waals surface area (Å²) in [5, 5.41) is 11.1. The van der Waals surface area contributed by atoms with Crippen molar-refractivity contribution in [1.82, 2.24) is 20.4 Å². The highest BCUT2D eigenvalue weighted by Gasteiger charge is 2.12. The van der Waals surface area contributed by atoms with Gasteiger partial charge in [0.1, 0.15) is 0 Å². The van der Waals surface area contributed by atoms with Gasteiger partial charge in [-0.15, -0.1) is 10.2 Å². The molecule has 0 unspecified atom stereocenters. The van der Waals surface area contributed by atoms with E-state index in [1.165, 1.54) is 5.56 Å². The van der Waals surface area contributed by atoms with Gasteiger partial charge < -0.3 is 15.0 Å². The fourth-order valence-electron chi connectivity index (χ4n) is 2.83. The number of amides is 1. The van der Waals surface area contributed by atoms with Crippen LogP contribution < -0.4 is 10.2 Å². The molecule has 2 aromatic rings. The second-order valence-electron chi connectivity index (χ2n) is 6.33. The highest BCUT2D eigenvalue weighted by molar-refractivity contribution is 5.92. The highest BCUT2D eigenvalue weighted by Crippen LogP contribution is 2.11. The Hall–Kier alpha value is -2.51. The molecule has 1 fully saturated rings. The molecule has 0 atom stereocenters. The monoisotopic (exact) mass is 355 g/mol. The zero-order chi connectivity index (χ0) is 18.2. The van der Waals surface area contributed by atoms with Gasteiger partial charge in [0.25, 0.3) is 5.91 Å². The van der Waals surface area contributed by atoms with Crippen molar-refractivity contribution in [3.05, 3.63) is 53.7 Å². The Morgan fingerprint density at radius 3 is 2.62 bits per heavy atom. The Morgan fingerprint density at radius 1 is 1.15 bits per heavy atom. The van der Waals surface area contributed by atoms with Crippen molar-refractivity contribution in [2.75, 3.05) is 51.3 Å². The van der Waals surface area contributed by atoms with Crippen LogP contribution in [0.15, 0.2) is 42.5 Å². The normalized spacial score (nSPS) is 14.8. The minimum atomic E-state index is -0.192. The highest BCUT2D eigenvalue weighted by atomic mass is 16.5. The van der Waals surface area contributed by atoms with E-state index in [1.807, 2.05) is 36.2 Å². The first-order chi connectivity index (χ1) is 12.7. The maximum atomic E-state index is 12.2. The van der Waals surface area contributed by atoms with E-state index in [9.17, 15) is 4.79 Å². The first kappa shape index (κ1) is 18.3. The topological polar surface area (TPSA) is 70.6 Å². The number of carbonyl (C=O) groups excluding carboxylic acids is 1. The number of rotatable bonds is 7. The lowest BCUT2D eigenvalue weighted by atomic mass is 10.2. The molecular formula is C19H25N5O2. The predicted molar refractivity (Wildman–Crippen MR) is 100 cm³/mol. The van der Waals surface area contributed by atoms with Crippen LogP contribution in [0, 0.1) is 0 Å². The van der Waals surface area contributed by atoms with Crippen LogP contribution in [0.4, 0.5) is 5.82 Å². The van der Waals surface area contributed by atoms with Crippen LogP contribution in [0.1, 0.15) is 16.1 Å². The minimum absolute atomic E-state index is 0.192. The maximum absolute atomic E-state index is 12.2. The van der Waals surface area contributed by atoms with E-state index in [-0.39, 0.29) is 5.91 Å². The average molecular weight is 355 g/mol. The van der Waals surface area contributed by atoms with E-state index in [1.54, 1.807) is 6.07 Å². The number of anilines is 1. The van der Waals surface area contributed by atoms with Gasteiger partial charge in [0.05, 0.1) is 13.2 Å². The van der Waals surface area contributed by atoms with Crippen LogP contribution in [0.3, 0.4) is 0 Å². The Balaban J connectivity index is 1.47. The van der Waals surface area contributed by atoms with Gasteiger partial charge in [-0.3, -0.25) is 9.69 Å². The summed E-state index contributed by atoms with van der Waals surface area (Å²) in [6, 6.07) is 13.7. The Kier molecular flexibility index (Phi) is 6.51. The molecule has 1 N–H and O–H groups in total. The first-order valence-electron chi connectivity index (χ1n) is 8.89. The number of morpholine rings is 1. The van der Waals surface area contributed by atoms with E-state index in [0.717, 1.165) is 45.2 Å². The van der Waals surface area contributed by atoms with Crippen molar-refractivity contribution >= 4 is 11.7 Å². The SMILES string of the molecule is CN(Cc1ccccc1)c1ccc(C(=O)NCCN2CCOCC2)nn1. The maximum Gasteiger partial charge on any atom is 0.271 e. The number of nitrogens with one attached hydrogen (secondary N) is 1. The van der Waals surface area contributed by atoms with Crippen molar-refractivity contribution in [3.63, 3.8) is 0 Å².